The molecule has 0 aromatic heterocycles. The molecular formula is C17H27N3. The molecule has 1 aliphatic carbocycles. The third kappa shape index (κ3) is 2.51. The SMILES string of the molecule is CC1CNC2(CCCC2)CN1c1ccc(N(C)C)cc1. The molecule has 1 saturated carbocycles. The molecule has 3 nitrogen and oxygen atoms in total. The van der Waals surface area contributed by atoms with Gasteiger partial charge in [0.25, 0.3) is 0 Å². The van der Waals surface area contributed by atoms with Crippen LogP contribution in [-0.4, -0.2) is 38.8 Å². The molecule has 0 radical (unpaired) electrons. The smallest absolute Gasteiger partial charge is 0.0387 e. The van der Waals surface area contributed by atoms with E-state index in [2.05, 4.69) is 60.4 Å². The summed E-state index contributed by atoms with van der Waals surface area (Å²) < 4.78 is 0. The van der Waals surface area contributed by atoms with Crippen LogP contribution in [0.1, 0.15) is 32.6 Å². The fourth-order valence-corrected chi connectivity index (χ4v) is 3.69. The Kier molecular flexibility index (Phi) is 3.63. The molecule has 2 fully saturated rings. The molecule has 1 atom stereocenters. The minimum atomic E-state index is 0.382. The summed E-state index contributed by atoms with van der Waals surface area (Å²) in [4.78, 5) is 4.75. The summed E-state index contributed by atoms with van der Waals surface area (Å²) in [6.45, 7) is 4.60. The number of nitrogens with one attached hydrogen (secondary N) is 1. The molecule has 1 aromatic carbocycles. The van der Waals surface area contributed by atoms with E-state index < -0.39 is 0 Å². The van der Waals surface area contributed by atoms with Crippen LogP contribution < -0.4 is 15.1 Å². The van der Waals surface area contributed by atoms with Gasteiger partial charge < -0.3 is 15.1 Å². The molecule has 1 saturated heterocycles. The number of anilines is 2. The van der Waals surface area contributed by atoms with E-state index in [4.69, 9.17) is 0 Å². The van der Waals surface area contributed by atoms with Gasteiger partial charge in [-0.1, -0.05) is 12.8 Å². The summed E-state index contributed by atoms with van der Waals surface area (Å²) in [6.07, 6.45) is 5.45. The Morgan fingerprint density at radius 3 is 2.40 bits per heavy atom. The van der Waals surface area contributed by atoms with Gasteiger partial charge in [-0.2, -0.15) is 0 Å². The Hall–Kier alpha value is -1.22. The van der Waals surface area contributed by atoms with Crippen molar-refractivity contribution in [2.24, 2.45) is 0 Å². The van der Waals surface area contributed by atoms with Crippen molar-refractivity contribution < 1.29 is 0 Å². The zero-order valence-corrected chi connectivity index (χ0v) is 13.0. The third-order valence-electron chi connectivity index (χ3n) is 5.04. The Morgan fingerprint density at radius 1 is 1.15 bits per heavy atom. The predicted octanol–water partition coefficient (Wildman–Crippen LogP) is 2.86. The highest BCUT2D eigenvalue weighted by molar-refractivity contribution is 5.57. The molecule has 1 aliphatic heterocycles. The van der Waals surface area contributed by atoms with Crippen LogP contribution in [0.3, 0.4) is 0 Å². The van der Waals surface area contributed by atoms with Crippen LogP contribution in [0, 0.1) is 0 Å². The van der Waals surface area contributed by atoms with E-state index in [9.17, 15) is 0 Å². The standard InChI is InChI=1S/C17H27N3/c1-14-12-18-17(10-4-5-11-17)13-20(14)16-8-6-15(7-9-16)19(2)3/h6-9,14,18H,4-5,10-13H2,1-3H3. The number of nitrogens with zero attached hydrogens (tertiary/aromatic N) is 2. The van der Waals surface area contributed by atoms with Gasteiger partial charge in [0.1, 0.15) is 0 Å². The van der Waals surface area contributed by atoms with Gasteiger partial charge in [-0.25, -0.2) is 0 Å². The quantitative estimate of drug-likeness (QED) is 0.894. The number of benzene rings is 1. The van der Waals surface area contributed by atoms with Gasteiger partial charge in [0.2, 0.25) is 0 Å². The molecule has 0 amide bonds. The van der Waals surface area contributed by atoms with Crippen molar-refractivity contribution in [3.05, 3.63) is 24.3 Å². The number of rotatable bonds is 2. The van der Waals surface area contributed by atoms with Crippen molar-refractivity contribution >= 4 is 11.4 Å². The van der Waals surface area contributed by atoms with E-state index in [1.807, 2.05) is 0 Å². The largest absolute Gasteiger partial charge is 0.378 e. The molecule has 0 bridgehead atoms. The average Bonchev–Trinajstić information content (AvgIpc) is 2.90. The summed E-state index contributed by atoms with van der Waals surface area (Å²) >= 11 is 0. The highest BCUT2D eigenvalue weighted by Gasteiger charge is 2.39. The Morgan fingerprint density at radius 2 is 1.80 bits per heavy atom. The fourth-order valence-electron chi connectivity index (χ4n) is 3.69. The number of piperazine rings is 1. The van der Waals surface area contributed by atoms with Crippen LogP contribution in [0.2, 0.25) is 0 Å². The summed E-state index contributed by atoms with van der Waals surface area (Å²) in [6, 6.07) is 9.59. The van der Waals surface area contributed by atoms with E-state index in [0.29, 0.717) is 11.6 Å². The summed E-state index contributed by atoms with van der Waals surface area (Å²) in [7, 11) is 4.19. The molecule has 3 rings (SSSR count). The van der Waals surface area contributed by atoms with E-state index >= 15 is 0 Å². The third-order valence-corrected chi connectivity index (χ3v) is 5.04. The normalized spacial score (nSPS) is 25.1. The maximum absolute atomic E-state index is 3.82. The Balaban J connectivity index is 1.80. The zero-order chi connectivity index (χ0) is 14.2. The fraction of sp³-hybridized carbons (Fsp3) is 0.647. The van der Waals surface area contributed by atoms with Crippen molar-refractivity contribution in [2.75, 3.05) is 37.0 Å². The maximum atomic E-state index is 3.82. The Bertz CT molecular complexity index is 446. The lowest BCUT2D eigenvalue weighted by molar-refractivity contribution is 0.276. The molecule has 110 valence electrons. The lowest BCUT2D eigenvalue weighted by Crippen LogP contribution is -2.62. The van der Waals surface area contributed by atoms with Crippen LogP contribution in [0.25, 0.3) is 0 Å². The van der Waals surface area contributed by atoms with E-state index in [1.54, 1.807) is 0 Å². The minimum Gasteiger partial charge on any atom is -0.378 e. The second-order valence-electron chi connectivity index (χ2n) is 6.76. The van der Waals surface area contributed by atoms with E-state index in [1.165, 1.54) is 37.1 Å². The zero-order valence-electron chi connectivity index (χ0n) is 13.0. The first kappa shape index (κ1) is 13.7. The highest BCUT2D eigenvalue weighted by atomic mass is 15.3. The predicted molar refractivity (Wildman–Crippen MR) is 86.8 cm³/mol. The summed E-state index contributed by atoms with van der Waals surface area (Å²) in [5.74, 6) is 0. The van der Waals surface area contributed by atoms with Crippen LogP contribution in [0.15, 0.2) is 24.3 Å². The number of hydrogen-bond donors (Lipinski definition) is 1. The van der Waals surface area contributed by atoms with Gasteiger partial charge in [0, 0.05) is 50.1 Å². The highest BCUT2D eigenvalue weighted by Crippen LogP contribution is 2.35. The van der Waals surface area contributed by atoms with Gasteiger partial charge >= 0.3 is 0 Å². The van der Waals surface area contributed by atoms with Crippen molar-refractivity contribution in [3.8, 4) is 0 Å². The second-order valence-corrected chi connectivity index (χ2v) is 6.76. The minimum absolute atomic E-state index is 0.382. The van der Waals surface area contributed by atoms with E-state index in [0.717, 1.165) is 13.1 Å². The maximum Gasteiger partial charge on any atom is 0.0387 e. The van der Waals surface area contributed by atoms with Gasteiger partial charge in [0.05, 0.1) is 0 Å². The Labute approximate surface area is 123 Å². The average molecular weight is 273 g/mol. The molecular weight excluding hydrogens is 246 g/mol. The van der Waals surface area contributed by atoms with Crippen LogP contribution in [0.4, 0.5) is 11.4 Å². The lowest BCUT2D eigenvalue weighted by Gasteiger charge is -2.46. The number of hydrogen-bond acceptors (Lipinski definition) is 3. The van der Waals surface area contributed by atoms with Gasteiger partial charge in [-0.15, -0.1) is 0 Å². The van der Waals surface area contributed by atoms with E-state index in [-0.39, 0.29) is 0 Å². The van der Waals surface area contributed by atoms with Gasteiger partial charge in [0.15, 0.2) is 0 Å². The molecule has 20 heavy (non-hydrogen) atoms. The molecule has 1 spiro atoms. The van der Waals surface area contributed by atoms with Crippen molar-refractivity contribution in [2.45, 2.75) is 44.2 Å². The molecule has 1 unspecified atom stereocenters. The molecule has 2 aliphatic rings. The summed E-state index contributed by atoms with van der Waals surface area (Å²) in [5.41, 5.74) is 3.02. The van der Waals surface area contributed by atoms with Gasteiger partial charge in [-0.05, 0) is 44.0 Å². The monoisotopic (exact) mass is 273 g/mol. The molecule has 1 heterocycles. The summed E-state index contributed by atoms with van der Waals surface area (Å²) in [5, 5.41) is 3.82. The van der Waals surface area contributed by atoms with Gasteiger partial charge in [-0.3, -0.25) is 0 Å². The first-order valence-electron chi connectivity index (χ1n) is 7.89. The van der Waals surface area contributed by atoms with Crippen molar-refractivity contribution in [1.29, 1.82) is 0 Å². The van der Waals surface area contributed by atoms with Crippen LogP contribution in [0.5, 0.6) is 0 Å². The first-order chi connectivity index (χ1) is 9.60. The lowest BCUT2D eigenvalue weighted by atomic mass is 9.92. The molecule has 1 aromatic rings. The van der Waals surface area contributed by atoms with Crippen LogP contribution >= 0.6 is 0 Å². The first-order valence-corrected chi connectivity index (χ1v) is 7.89. The van der Waals surface area contributed by atoms with Crippen molar-refractivity contribution in [1.82, 2.24) is 5.32 Å². The van der Waals surface area contributed by atoms with Crippen LogP contribution in [-0.2, 0) is 0 Å². The topological polar surface area (TPSA) is 18.5 Å². The van der Waals surface area contributed by atoms with Crippen molar-refractivity contribution in [3.63, 3.8) is 0 Å². The molecule has 1 N–H and O–H groups in total. The second kappa shape index (κ2) is 5.28. The molecule has 3 heteroatoms.